The summed E-state index contributed by atoms with van der Waals surface area (Å²) in [5.74, 6) is 0. The third-order valence-electron chi connectivity index (χ3n) is 0.805. The average Bonchev–Trinajstić information content (AvgIpc) is 2.15. The zero-order valence-electron chi connectivity index (χ0n) is 7.30. The summed E-state index contributed by atoms with van der Waals surface area (Å²) in [7, 11) is -2.18. The van der Waals surface area contributed by atoms with Crippen molar-refractivity contribution in [3.05, 3.63) is 37.0 Å². The Hall–Kier alpha value is -1.74. The zero-order valence-corrected chi connectivity index (χ0v) is 7.30. The minimum Gasteiger partial charge on any atom is -0.491 e. The van der Waals surface area contributed by atoms with Crippen molar-refractivity contribution < 1.29 is 40.3 Å². The van der Waals surface area contributed by atoms with Crippen LogP contribution in [0, 0.1) is 0 Å². The van der Waals surface area contributed by atoms with E-state index in [1.165, 1.54) is 0 Å². The van der Waals surface area contributed by atoms with Gasteiger partial charge in [-0.05, 0) is 0 Å². The van der Waals surface area contributed by atoms with Crippen molar-refractivity contribution in [2.24, 2.45) is 0 Å². The fraction of sp³-hybridized carbons (Fsp3) is 0. The maximum atomic E-state index is 11.5. The van der Waals surface area contributed by atoms with Crippen molar-refractivity contribution in [3.8, 4) is 0 Å². The standard InChI is InChI=1S/C6H3BF6O3/c8-4(9)1-14-7(15-2-5(10)11)16-3-6(12)13/h1-3H. The van der Waals surface area contributed by atoms with Gasteiger partial charge in [0.05, 0.1) is 0 Å². The van der Waals surface area contributed by atoms with Gasteiger partial charge in [-0.2, -0.15) is 26.3 Å². The lowest BCUT2D eigenvalue weighted by atomic mass is 10.2. The molecule has 90 valence electrons. The minimum atomic E-state index is -2.33. The molecule has 0 spiro atoms. The van der Waals surface area contributed by atoms with Crippen LogP contribution in [0.25, 0.3) is 0 Å². The molecule has 0 aromatic rings. The Morgan fingerprint density at radius 2 is 0.875 bits per heavy atom. The highest BCUT2D eigenvalue weighted by Crippen LogP contribution is 2.06. The summed E-state index contributed by atoms with van der Waals surface area (Å²) < 4.78 is 80.6. The van der Waals surface area contributed by atoms with E-state index in [0.29, 0.717) is 0 Å². The minimum absolute atomic E-state index is 0.210. The summed E-state index contributed by atoms with van der Waals surface area (Å²) in [5.41, 5.74) is 0. The van der Waals surface area contributed by atoms with Crippen molar-refractivity contribution in [1.82, 2.24) is 0 Å². The molecular weight excluding hydrogens is 245 g/mol. The first kappa shape index (κ1) is 14.3. The van der Waals surface area contributed by atoms with Crippen LogP contribution in [0.3, 0.4) is 0 Å². The van der Waals surface area contributed by atoms with Crippen LogP contribution in [-0.4, -0.2) is 7.32 Å². The second-order valence-electron chi connectivity index (χ2n) is 1.92. The van der Waals surface area contributed by atoms with Gasteiger partial charge in [0.25, 0.3) is 0 Å². The van der Waals surface area contributed by atoms with Crippen molar-refractivity contribution in [2.75, 3.05) is 0 Å². The molecule has 16 heavy (non-hydrogen) atoms. The number of hydrogen-bond acceptors (Lipinski definition) is 3. The molecule has 0 aromatic carbocycles. The first-order chi connectivity index (χ1) is 7.41. The lowest BCUT2D eigenvalue weighted by molar-refractivity contribution is 0.197. The first-order valence-corrected chi connectivity index (χ1v) is 3.41. The SMILES string of the molecule is FC(F)=COB(OC=C(F)F)OC=C(F)F. The molecule has 0 saturated carbocycles. The Bertz CT molecular complexity index is 245. The lowest BCUT2D eigenvalue weighted by Crippen LogP contribution is -2.20. The van der Waals surface area contributed by atoms with E-state index in [4.69, 9.17) is 0 Å². The van der Waals surface area contributed by atoms with Crippen LogP contribution in [0.4, 0.5) is 26.3 Å². The largest absolute Gasteiger partial charge is 0.863 e. The van der Waals surface area contributed by atoms with Gasteiger partial charge in [0.2, 0.25) is 0 Å². The summed E-state index contributed by atoms with van der Waals surface area (Å²) in [4.78, 5) is 0. The van der Waals surface area contributed by atoms with Gasteiger partial charge in [-0.25, -0.2) is 0 Å². The monoisotopic (exact) mass is 248 g/mol. The van der Waals surface area contributed by atoms with E-state index in [1.807, 2.05) is 0 Å². The van der Waals surface area contributed by atoms with Crippen LogP contribution in [0.2, 0.25) is 0 Å². The molecule has 10 heteroatoms. The highest BCUT2D eigenvalue weighted by Gasteiger charge is 2.26. The van der Waals surface area contributed by atoms with Gasteiger partial charge in [0.1, 0.15) is 18.8 Å². The molecule has 3 nitrogen and oxygen atoms in total. The molecule has 0 heterocycles. The van der Waals surface area contributed by atoms with Gasteiger partial charge in [-0.3, -0.25) is 0 Å². The van der Waals surface area contributed by atoms with E-state index < -0.39 is 25.6 Å². The summed E-state index contributed by atoms with van der Waals surface area (Å²) >= 11 is 0. The van der Waals surface area contributed by atoms with Crippen LogP contribution in [-0.2, 0) is 14.0 Å². The molecule has 0 saturated heterocycles. The maximum Gasteiger partial charge on any atom is 0.863 e. The highest BCUT2D eigenvalue weighted by molar-refractivity contribution is 6.37. The van der Waals surface area contributed by atoms with Gasteiger partial charge in [0.15, 0.2) is 0 Å². The molecule has 0 aliphatic carbocycles. The van der Waals surface area contributed by atoms with Crippen molar-refractivity contribution in [3.63, 3.8) is 0 Å². The number of hydrogen-bond donors (Lipinski definition) is 0. The third kappa shape index (κ3) is 8.85. The predicted molar refractivity (Wildman–Crippen MR) is 39.9 cm³/mol. The molecule has 0 fully saturated rings. The van der Waals surface area contributed by atoms with E-state index in [0.717, 1.165) is 0 Å². The van der Waals surface area contributed by atoms with Crippen LogP contribution in [0.5, 0.6) is 0 Å². The molecular formula is C6H3BF6O3. The fourth-order valence-corrected chi connectivity index (χ4v) is 0.417. The van der Waals surface area contributed by atoms with Crippen LogP contribution in [0.1, 0.15) is 0 Å². The van der Waals surface area contributed by atoms with Crippen molar-refractivity contribution in [1.29, 1.82) is 0 Å². The predicted octanol–water partition coefficient (Wildman–Crippen LogP) is 3.23. The van der Waals surface area contributed by atoms with Gasteiger partial charge in [-0.1, -0.05) is 0 Å². The molecule has 0 atom stereocenters. The smallest absolute Gasteiger partial charge is 0.491 e. The number of halogens is 6. The summed E-state index contributed by atoms with van der Waals surface area (Å²) in [5, 5.41) is 0. The topological polar surface area (TPSA) is 27.7 Å². The molecule has 0 rings (SSSR count). The van der Waals surface area contributed by atoms with Gasteiger partial charge in [-0.15, -0.1) is 0 Å². The lowest BCUT2D eigenvalue weighted by Gasteiger charge is -2.06. The Morgan fingerprint density at radius 1 is 0.625 bits per heavy atom. The van der Waals surface area contributed by atoms with E-state index in [-0.39, 0.29) is 18.8 Å². The maximum absolute atomic E-state index is 11.5. The molecule has 0 aromatic heterocycles. The van der Waals surface area contributed by atoms with Gasteiger partial charge < -0.3 is 14.0 Å². The number of rotatable bonds is 6. The Kier molecular flexibility index (Phi) is 6.72. The van der Waals surface area contributed by atoms with E-state index in [9.17, 15) is 26.3 Å². The van der Waals surface area contributed by atoms with Crippen molar-refractivity contribution in [2.45, 2.75) is 0 Å². The summed E-state index contributed by atoms with van der Waals surface area (Å²) in [6.07, 6.45) is -7.61. The Morgan fingerprint density at radius 3 is 1.06 bits per heavy atom. The molecule has 0 aliphatic heterocycles. The Balaban J connectivity index is 4.33. The van der Waals surface area contributed by atoms with Crippen LogP contribution in [0.15, 0.2) is 37.0 Å². The van der Waals surface area contributed by atoms with Crippen molar-refractivity contribution >= 4 is 7.32 Å². The molecule has 0 radical (unpaired) electrons. The second kappa shape index (κ2) is 7.54. The van der Waals surface area contributed by atoms with Gasteiger partial charge in [0, 0.05) is 0 Å². The summed E-state index contributed by atoms with van der Waals surface area (Å²) in [6, 6.07) is 0. The fourth-order valence-electron chi connectivity index (χ4n) is 0.417. The van der Waals surface area contributed by atoms with Crippen LogP contribution < -0.4 is 0 Å². The third-order valence-corrected chi connectivity index (χ3v) is 0.805. The second-order valence-corrected chi connectivity index (χ2v) is 1.92. The summed E-state index contributed by atoms with van der Waals surface area (Å²) in [6.45, 7) is 0. The Labute approximate surface area is 85.8 Å². The van der Waals surface area contributed by atoms with Gasteiger partial charge >= 0.3 is 25.6 Å². The molecule has 0 unspecified atom stereocenters. The molecule has 0 bridgehead atoms. The van der Waals surface area contributed by atoms with E-state index in [2.05, 4.69) is 14.0 Å². The molecule has 0 aliphatic rings. The normalized spacial score (nSPS) is 8.62. The average molecular weight is 248 g/mol. The zero-order chi connectivity index (χ0) is 12.6. The van der Waals surface area contributed by atoms with E-state index in [1.54, 1.807) is 0 Å². The van der Waals surface area contributed by atoms with E-state index >= 15 is 0 Å². The first-order valence-electron chi connectivity index (χ1n) is 3.41. The highest BCUT2D eigenvalue weighted by atomic mass is 19.3. The quantitative estimate of drug-likeness (QED) is 0.410. The molecule has 0 amide bonds. The molecule has 0 N–H and O–H groups in total. The van der Waals surface area contributed by atoms with Crippen LogP contribution >= 0.6 is 0 Å².